The third-order valence-corrected chi connectivity index (χ3v) is 4.48. The Hall–Kier alpha value is -4.42. The summed E-state index contributed by atoms with van der Waals surface area (Å²) in [5.74, 6) is -2.96. The van der Waals surface area contributed by atoms with Crippen LogP contribution in [0.2, 0.25) is 0 Å². The van der Waals surface area contributed by atoms with Gasteiger partial charge in [0.2, 0.25) is 5.95 Å². The smallest absolute Gasteiger partial charge is 0.326 e. The summed E-state index contributed by atoms with van der Waals surface area (Å²) in [6.45, 7) is 0. The van der Waals surface area contributed by atoms with Gasteiger partial charge in [0.05, 0.1) is 17.5 Å². The molecule has 13 nitrogen and oxygen atoms in total. The van der Waals surface area contributed by atoms with E-state index in [4.69, 9.17) is 21.7 Å². The van der Waals surface area contributed by atoms with E-state index >= 15 is 0 Å². The van der Waals surface area contributed by atoms with Gasteiger partial charge in [0.25, 0.3) is 5.91 Å². The fraction of sp³-hybridized carbons (Fsp3) is 0.263. The number of hydrogen-bond donors (Lipinski definition) is 5. The van der Waals surface area contributed by atoms with Crippen molar-refractivity contribution in [3.05, 3.63) is 41.5 Å². The number of aromatic nitrogens is 5. The Bertz CT molecular complexity index is 1170. The number of anilines is 2. The largest absolute Gasteiger partial charge is 0.481 e. The van der Waals surface area contributed by atoms with Crippen molar-refractivity contribution in [3.63, 3.8) is 0 Å². The summed E-state index contributed by atoms with van der Waals surface area (Å²) in [5.41, 5.74) is 13.5. The molecule has 3 heterocycles. The molecule has 13 heteroatoms. The van der Waals surface area contributed by atoms with Crippen LogP contribution in [0.5, 0.6) is 0 Å². The number of aryl methyl sites for hydroxylation is 2. The standard InChI is InChI=1S/C19H20N8O5/c20-15-14-16(27-19(21)26-15)23-8-11(24-14)4-3-10-2-1-9(7-22-10)17(30)25-12(18(31)32)5-6-13(28)29/h1-2,7-8,12H,3-6H2,(H,25,30)(H,28,29)(H,31,32)(H4,20,21,23,26,27)/t12-/m0/s1. The SMILES string of the molecule is Nc1nc(N)c2nc(CCc3ccc(C(=O)N[C@@H](CCC(=O)O)C(=O)O)cn3)cnc2n1. The lowest BCUT2D eigenvalue weighted by molar-refractivity contribution is -0.140. The van der Waals surface area contributed by atoms with Gasteiger partial charge in [-0.2, -0.15) is 9.97 Å². The molecule has 0 aliphatic heterocycles. The molecule has 3 rings (SSSR count). The number of carboxylic acid groups (broad SMARTS) is 2. The zero-order chi connectivity index (χ0) is 23.3. The lowest BCUT2D eigenvalue weighted by Gasteiger charge is -2.13. The molecule has 0 aromatic carbocycles. The highest BCUT2D eigenvalue weighted by atomic mass is 16.4. The van der Waals surface area contributed by atoms with Crippen LogP contribution in [0.25, 0.3) is 11.2 Å². The van der Waals surface area contributed by atoms with Crippen molar-refractivity contribution in [2.24, 2.45) is 0 Å². The molecular formula is C19H20N8O5. The van der Waals surface area contributed by atoms with Crippen LogP contribution in [0.4, 0.5) is 11.8 Å². The Morgan fingerprint density at radius 3 is 2.38 bits per heavy atom. The summed E-state index contributed by atoms with van der Waals surface area (Å²) < 4.78 is 0. The van der Waals surface area contributed by atoms with E-state index in [9.17, 15) is 14.4 Å². The lowest BCUT2D eigenvalue weighted by atomic mass is 10.1. The summed E-state index contributed by atoms with van der Waals surface area (Å²) in [6.07, 6.45) is 3.25. The van der Waals surface area contributed by atoms with E-state index in [1.165, 1.54) is 12.3 Å². The van der Waals surface area contributed by atoms with Crippen molar-refractivity contribution in [2.75, 3.05) is 11.5 Å². The fourth-order valence-corrected chi connectivity index (χ4v) is 2.83. The molecule has 0 aliphatic rings. The molecule has 0 aliphatic carbocycles. The molecule has 7 N–H and O–H groups in total. The summed E-state index contributed by atoms with van der Waals surface area (Å²) in [5, 5.41) is 20.1. The molecule has 1 amide bonds. The number of nitrogens with one attached hydrogen (secondary N) is 1. The van der Waals surface area contributed by atoms with Crippen molar-refractivity contribution in [1.82, 2.24) is 30.2 Å². The van der Waals surface area contributed by atoms with Gasteiger partial charge in [0, 0.05) is 18.3 Å². The van der Waals surface area contributed by atoms with Gasteiger partial charge >= 0.3 is 11.9 Å². The van der Waals surface area contributed by atoms with Crippen molar-refractivity contribution in [2.45, 2.75) is 31.7 Å². The third kappa shape index (κ3) is 5.59. The number of carboxylic acids is 2. The average molecular weight is 440 g/mol. The second-order valence-electron chi connectivity index (χ2n) is 6.84. The molecule has 1 atom stereocenters. The van der Waals surface area contributed by atoms with Gasteiger partial charge in [-0.15, -0.1) is 0 Å². The Kier molecular flexibility index (Phi) is 6.68. The van der Waals surface area contributed by atoms with Crippen LogP contribution in [0.1, 0.15) is 34.6 Å². The minimum Gasteiger partial charge on any atom is -0.481 e. The summed E-state index contributed by atoms with van der Waals surface area (Å²) >= 11 is 0. The molecule has 0 fully saturated rings. The number of fused-ring (bicyclic) bond motifs is 1. The van der Waals surface area contributed by atoms with Crippen molar-refractivity contribution in [1.29, 1.82) is 0 Å². The van der Waals surface area contributed by atoms with Gasteiger partial charge in [0.1, 0.15) is 6.04 Å². The second kappa shape index (κ2) is 9.59. The van der Waals surface area contributed by atoms with E-state index in [2.05, 4.69) is 30.2 Å². The van der Waals surface area contributed by atoms with E-state index in [1.54, 1.807) is 12.3 Å². The number of amides is 1. The minimum atomic E-state index is -1.31. The molecular weight excluding hydrogens is 420 g/mol. The Morgan fingerprint density at radius 2 is 1.72 bits per heavy atom. The minimum absolute atomic E-state index is 0.0157. The number of nitrogens with two attached hydrogens (primary N) is 2. The van der Waals surface area contributed by atoms with E-state index in [1.807, 2.05) is 0 Å². The maximum absolute atomic E-state index is 12.3. The average Bonchev–Trinajstić information content (AvgIpc) is 2.75. The van der Waals surface area contributed by atoms with Gasteiger partial charge in [0.15, 0.2) is 17.0 Å². The topological polar surface area (TPSA) is 220 Å². The first-order valence-electron chi connectivity index (χ1n) is 9.48. The van der Waals surface area contributed by atoms with Gasteiger partial charge in [-0.05, 0) is 31.4 Å². The molecule has 0 bridgehead atoms. The van der Waals surface area contributed by atoms with Crippen LogP contribution in [0.3, 0.4) is 0 Å². The predicted octanol–water partition coefficient (Wildman–Crippen LogP) is -0.188. The van der Waals surface area contributed by atoms with E-state index in [-0.39, 0.29) is 30.2 Å². The Balaban J connectivity index is 1.62. The zero-order valence-electron chi connectivity index (χ0n) is 16.7. The van der Waals surface area contributed by atoms with Crippen molar-refractivity contribution >= 4 is 40.8 Å². The zero-order valence-corrected chi connectivity index (χ0v) is 16.7. The van der Waals surface area contributed by atoms with Crippen LogP contribution in [-0.2, 0) is 22.4 Å². The van der Waals surface area contributed by atoms with Crippen LogP contribution >= 0.6 is 0 Å². The molecule has 3 aromatic rings. The molecule has 0 radical (unpaired) electrons. The van der Waals surface area contributed by atoms with E-state index in [0.29, 0.717) is 35.4 Å². The van der Waals surface area contributed by atoms with Gasteiger partial charge in [-0.25, -0.2) is 14.8 Å². The third-order valence-electron chi connectivity index (χ3n) is 4.48. The predicted molar refractivity (Wildman–Crippen MR) is 111 cm³/mol. The number of carbonyl (C=O) groups excluding carboxylic acids is 1. The van der Waals surface area contributed by atoms with E-state index in [0.717, 1.165) is 0 Å². The number of nitrogens with zero attached hydrogens (tertiary/aromatic N) is 5. The quantitative estimate of drug-likeness (QED) is 0.292. The number of aliphatic carboxylic acids is 2. The first-order valence-corrected chi connectivity index (χ1v) is 9.48. The van der Waals surface area contributed by atoms with E-state index < -0.39 is 23.9 Å². The van der Waals surface area contributed by atoms with Gasteiger partial charge in [-0.3, -0.25) is 14.6 Å². The number of carbonyl (C=O) groups is 3. The van der Waals surface area contributed by atoms with Crippen LogP contribution in [0, 0.1) is 0 Å². The second-order valence-corrected chi connectivity index (χ2v) is 6.84. The maximum atomic E-state index is 12.3. The molecule has 166 valence electrons. The molecule has 0 saturated carbocycles. The summed E-state index contributed by atoms with van der Waals surface area (Å²) in [4.78, 5) is 54.8. The number of hydrogen-bond acceptors (Lipinski definition) is 10. The highest BCUT2D eigenvalue weighted by molar-refractivity contribution is 5.96. The normalized spacial score (nSPS) is 11.8. The van der Waals surface area contributed by atoms with Crippen molar-refractivity contribution in [3.8, 4) is 0 Å². The summed E-state index contributed by atoms with van der Waals surface area (Å²) in [6, 6.07) is 1.83. The van der Waals surface area contributed by atoms with Crippen LogP contribution in [0.15, 0.2) is 24.5 Å². The Morgan fingerprint density at radius 1 is 0.969 bits per heavy atom. The molecule has 0 saturated heterocycles. The van der Waals surface area contributed by atoms with Crippen molar-refractivity contribution < 1.29 is 24.6 Å². The van der Waals surface area contributed by atoms with Crippen LogP contribution < -0.4 is 16.8 Å². The first-order chi connectivity index (χ1) is 15.2. The van der Waals surface area contributed by atoms with Crippen LogP contribution in [-0.4, -0.2) is 59.0 Å². The highest BCUT2D eigenvalue weighted by Gasteiger charge is 2.21. The number of rotatable bonds is 9. The highest BCUT2D eigenvalue weighted by Crippen LogP contribution is 2.15. The Labute approximate surface area is 180 Å². The molecule has 0 spiro atoms. The molecule has 3 aromatic heterocycles. The summed E-state index contributed by atoms with van der Waals surface area (Å²) in [7, 11) is 0. The molecule has 0 unspecified atom stereocenters. The molecule has 32 heavy (non-hydrogen) atoms. The number of nitrogen functional groups attached to an aromatic ring is 2. The maximum Gasteiger partial charge on any atom is 0.326 e. The number of pyridine rings is 1. The van der Waals surface area contributed by atoms with Gasteiger partial charge < -0.3 is 27.0 Å². The first kappa shape index (κ1) is 22.3. The van der Waals surface area contributed by atoms with Gasteiger partial charge in [-0.1, -0.05) is 0 Å². The lowest BCUT2D eigenvalue weighted by Crippen LogP contribution is -2.41. The fourth-order valence-electron chi connectivity index (χ4n) is 2.83. The monoisotopic (exact) mass is 440 g/mol.